The summed E-state index contributed by atoms with van der Waals surface area (Å²) in [5.74, 6) is 0.131. The summed E-state index contributed by atoms with van der Waals surface area (Å²) in [6.45, 7) is 7.56. The van der Waals surface area contributed by atoms with Crippen LogP contribution in [0, 0.1) is 0 Å². The normalized spacial score (nSPS) is 10.3. The maximum Gasteiger partial charge on any atom is 0.255 e. The average molecular weight is 489 g/mol. The van der Waals surface area contributed by atoms with E-state index in [0.29, 0.717) is 47.9 Å². The number of ether oxygens (including phenoxy) is 1. The molecule has 0 unspecified atom stereocenters. The van der Waals surface area contributed by atoms with Crippen LogP contribution in [0.2, 0.25) is 0 Å². The van der Waals surface area contributed by atoms with E-state index in [1.54, 1.807) is 71.6 Å². The molecule has 0 saturated heterocycles. The Balaban J connectivity index is 1.54. The molecule has 0 spiro atoms. The molecule has 0 aromatic heterocycles. The van der Waals surface area contributed by atoms with Crippen molar-refractivity contribution in [1.82, 2.24) is 4.90 Å². The fourth-order valence-corrected chi connectivity index (χ4v) is 3.59. The number of anilines is 3. The number of nitrogens with zero attached hydrogens (tertiary/aromatic N) is 1. The first-order valence-electron chi connectivity index (χ1n) is 12.0. The van der Waals surface area contributed by atoms with Crippen molar-refractivity contribution in [2.24, 2.45) is 0 Å². The standard InChI is InChI=1S/C28H32N4O4/c1-4-32(5-2)28(35)24-9-7-8-10-25(24)29-19-26(33)30-21-13-11-20(12-14-21)27(34)31-22-15-17-23(18-16-22)36-6-3/h7-18,29H,4-6,19H2,1-3H3,(H,30,33)(H,31,34). The van der Waals surface area contributed by atoms with Crippen LogP contribution in [0.15, 0.2) is 72.8 Å². The van der Waals surface area contributed by atoms with Gasteiger partial charge in [0, 0.05) is 35.7 Å². The summed E-state index contributed by atoms with van der Waals surface area (Å²) in [6, 6.07) is 20.9. The summed E-state index contributed by atoms with van der Waals surface area (Å²) in [6.07, 6.45) is 0. The van der Waals surface area contributed by atoms with Gasteiger partial charge >= 0.3 is 0 Å². The highest BCUT2D eigenvalue weighted by Crippen LogP contribution is 2.19. The molecule has 0 aliphatic carbocycles. The van der Waals surface area contributed by atoms with Crippen molar-refractivity contribution < 1.29 is 19.1 Å². The summed E-state index contributed by atoms with van der Waals surface area (Å²) in [7, 11) is 0. The minimum absolute atomic E-state index is 0.0114. The quantitative estimate of drug-likeness (QED) is 0.358. The van der Waals surface area contributed by atoms with Crippen molar-refractivity contribution in [3.05, 3.63) is 83.9 Å². The van der Waals surface area contributed by atoms with Gasteiger partial charge in [-0.2, -0.15) is 0 Å². The number of benzene rings is 3. The molecule has 0 aliphatic rings. The summed E-state index contributed by atoms with van der Waals surface area (Å²) < 4.78 is 5.40. The predicted octanol–water partition coefficient (Wildman–Crippen LogP) is 4.87. The Morgan fingerprint density at radius 1 is 0.778 bits per heavy atom. The van der Waals surface area contributed by atoms with Crippen LogP contribution in [0.1, 0.15) is 41.5 Å². The molecule has 3 aromatic rings. The van der Waals surface area contributed by atoms with E-state index >= 15 is 0 Å². The van der Waals surface area contributed by atoms with E-state index in [1.807, 2.05) is 26.8 Å². The van der Waals surface area contributed by atoms with Crippen LogP contribution in [-0.2, 0) is 4.79 Å². The SMILES string of the molecule is CCOc1ccc(NC(=O)c2ccc(NC(=O)CNc3ccccc3C(=O)N(CC)CC)cc2)cc1. The van der Waals surface area contributed by atoms with Crippen LogP contribution >= 0.6 is 0 Å². The third-order valence-corrected chi connectivity index (χ3v) is 5.50. The number of hydrogen-bond donors (Lipinski definition) is 3. The Kier molecular flexibility index (Phi) is 9.45. The van der Waals surface area contributed by atoms with Gasteiger partial charge in [-0.3, -0.25) is 14.4 Å². The van der Waals surface area contributed by atoms with Gasteiger partial charge < -0.3 is 25.6 Å². The van der Waals surface area contributed by atoms with Gasteiger partial charge in [-0.25, -0.2) is 0 Å². The molecule has 3 N–H and O–H groups in total. The zero-order chi connectivity index (χ0) is 25.9. The van der Waals surface area contributed by atoms with E-state index in [0.717, 1.165) is 5.75 Å². The van der Waals surface area contributed by atoms with Crippen molar-refractivity contribution >= 4 is 34.8 Å². The maximum absolute atomic E-state index is 12.8. The number of carbonyl (C=O) groups is 3. The first kappa shape index (κ1) is 26.3. The van der Waals surface area contributed by atoms with Gasteiger partial charge in [0.1, 0.15) is 5.75 Å². The minimum Gasteiger partial charge on any atom is -0.494 e. The number of amides is 3. The van der Waals surface area contributed by atoms with Gasteiger partial charge in [0.05, 0.1) is 18.7 Å². The highest BCUT2D eigenvalue weighted by molar-refractivity contribution is 6.05. The smallest absolute Gasteiger partial charge is 0.255 e. The fourth-order valence-electron chi connectivity index (χ4n) is 3.59. The van der Waals surface area contributed by atoms with Gasteiger partial charge in [0.15, 0.2) is 0 Å². The lowest BCUT2D eigenvalue weighted by molar-refractivity contribution is -0.114. The number of carbonyl (C=O) groups excluding carboxylic acids is 3. The predicted molar refractivity (Wildman–Crippen MR) is 143 cm³/mol. The lowest BCUT2D eigenvalue weighted by Crippen LogP contribution is -2.31. The molecule has 0 radical (unpaired) electrons. The van der Waals surface area contributed by atoms with Gasteiger partial charge in [-0.15, -0.1) is 0 Å². The van der Waals surface area contributed by atoms with Gasteiger partial charge in [0.25, 0.3) is 11.8 Å². The van der Waals surface area contributed by atoms with Crippen LogP contribution in [0.5, 0.6) is 5.75 Å². The molecular weight excluding hydrogens is 456 g/mol. The van der Waals surface area contributed by atoms with E-state index in [9.17, 15) is 14.4 Å². The van der Waals surface area contributed by atoms with Gasteiger partial charge in [-0.1, -0.05) is 12.1 Å². The molecule has 0 atom stereocenters. The second-order valence-electron chi connectivity index (χ2n) is 7.91. The summed E-state index contributed by atoms with van der Waals surface area (Å²) in [5.41, 5.74) is 2.81. The van der Waals surface area contributed by atoms with Gasteiger partial charge in [0.2, 0.25) is 5.91 Å². The third-order valence-electron chi connectivity index (χ3n) is 5.50. The number of para-hydroxylation sites is 1. The van der Waals surface area contributed by atoms with E-state index in [1.165, 1.54) is 0 Å². The van der Waals surface area contributed by atoms with Gasteiger partial charge in [-0.05, 0) is 81.4 Å². The average Bonchev–Trinajstić information content (AvgIpc) is 2.90. The second-order valence-corrected chi connectivity index (χ2v) is 7.91. The van der Waals surface area contributed by atoms with Crippen molar-refractivity contribution in [2.45, 2.75) is 20.8 Å². The van der Waals surface area contributed by atoms with Crippen LogP contribution in [0.4, 0.5) is 17.1 Å². The molecule has 3 amide bonds. The summed E-state index contributed by atoms with van der Waals surface area (Å²) in [5, 5.41) is 8.69. The van der Waals surface area contributed by atoms with Crippen molar-refractivity contribution in [1.29, 1.82) is 0 Å². The zero-order valence-corrected chi connectivity index (χ0v) is 20.8. The monoisotopic (exact) mass is 488 g/mol. The Morgan fingerprint density at radius 3 is 2.03 bits per heavy atom. The molecule has 8 nitrogen and oxygen atoms in total. The van der Waals surface area contributed by atoms with E-state index in [-0.39, 0.29) is 24.3 Å². The van der Waals surface area contributed by atoms with E-state index < -0.39 is 0 Å². The second kappa shape index (κ2) is 12.9. The van der Waals surface area contributed by atoms with Crippen LogP contribution in [0.3, 0.4) is 0 Å². The van der Waals surface area contributed by atoms with E-state index in [2.05, 4.69) is 16.0 Å². The summed E-state index contributed by atoms with van der Waals surface area (Å²) in [4.78, 5) is 39.5. The Bertz CT molecular complexity index is 1170. The van der Waals surface area contributed by atoms with Crippen molar-refractivity contribution in [3.63, 3.8) is 0 Å². The molecule has 3 aromatic carbocycles. The fraction of sp³-hybridized carbons (Fsp3) is 0.250. The van der Waals surface area contributed by atoms with E-state index in [4.69, 9.17) is 4.74 Å². The molecule has 0 saturated carbocycles. The Hall–Kier alpha value is -4.33. The number of rotatable bonds is 11. The Labute approximate surface area is 211 Å². The van der Waals surface area contributed by atoms with Crippen LogP contribution in [0.25, 0.3) is 0 Å². The molecule has 0 heterocycles. The molecule has 0 fully saturated rings. The minimum atomic E-state index is -0.272. The topological polar surface area (TPSA) is 99.8 Å². The first-order valence-corrected chi connectivity index (χ1v) is 12.0. The lowest BCUT2D eigenvalue weighted by atomic mass is 10.1. The zero-order valence-electron chi connectivity index (χ0n) is 20.8. The first-order chi connectivity index (χ1) is 17.4. The van der Waals surface area contributed by atoms with Crippen LogP contribution < -0.4 is 20.7 Å². The molecule has 188 valence electrons. The molecule has 0 bridgehead atoms. The van der Waals surface area contributed by atoms with Crippen LogP contribution in [-0.4, -0.2) is 48.9 Å². The molecular formula is C28H32N4O4. The third kappa shape index (κ3) is 7.09. The molecule has 0 aliphatic heterocycles. The Morgan fingerprint density at radius 2 is 1.39 bits per heavy atom. The molecule has 8 heteroatoms. The number of hydrogen-bond acceptors (Lipinski definition) is 5. The number of nitrogens with one attached hydrogen (secondary N) is 3. The lowest BCUT2D eigenvalue weighted by Gasteiger charge is -2.20. The maximum atomic E-state index is 12.8. The molecule has 3 rings (SSSR count). The summed E-state index contributed by atoms with van der Waals surface area (Å²) >= 11 is 0. The highest BCUT2D eigenvalue weighted by atomic mass is 16.5. The molecule has 36 heavy (non-hydrogen) atoms. The van der Waals surface area contributed by atoms with Crippen molar-refractivity contribution in [2.75, 3.05) is 42.2 Å². The largest absolute Gasteiger partial charge is 0.494 e. The highest BCUT2D eigenvalue weighted by Gasteiger charge is 2.16. The van der Waals surface area contributed by atoms with Crippen molar-refractivity contribution in [3.8, 4) is 5.75 Å².